The first kappa shape index (κ1) is 14.4. The van der Waals surface area contributed by atoms with Crippen molar-refractivity contribution in [2.24, 2.45) is 5.92 Å². The lowest BCUT2D eigenvalue weighted by atomic mass is 9.67. The average molecular weight is 264 g/mol. The molecule has 0 spiro atoms. The summed E-state index contributed by atoms with van der Waals surface area (Å²) in [5.41, 5.74) is 3.55. The van der Waals surface area contributed by atoms with Crippen LogP contribution in [0.15, 0.2) is 12.1 Å². The number of benzene rings is 1. The zero-order chi connectivity index (χ0) is 14.0. The quantitative estimate of drug-likeness (QED) is 0.888. The summed E-state index contributed by atoms with van der Waals surface area (Å²) in [6.07, 6.45) is 0.962. The summed E-state index contributed by atoms with van der Waals surface area (Å²) in [5, 5.41) is 9.65. The van der Waals surface area contributed by atoms with E-state index in [9.17, 15) is 5.11 Å². The van der Waals surface area contributed by atoms with E-state index in [0.717, 1.165) is 23.3 Å². The van der Waals surface area contributed by atoms with Crippen molar-refractivity contribution >= 4 is 0 Å². The van der Waals surface area contributed by atoms with Gasteiger partial charge in [0.1, 0.15) is 5.75 Å². The van der Waals surface area contributed by atoms with E-state index in [0.29, 0.717) is 13.2 Å². The highest BCUT2D eigenvalue weighted by molar-refractivity contribution is 5.46. The van der Waals surface area contributed by atoms with E-state index in [2.05, 4.69) is 32.9 Å². The first-order valence-electron chi connectivity index (χ1n) is 6.93. The summed E-state index contributed by atoms with van der Waals surface area (Å²) in [5.74, 6) is 1.21. The molecule has 0 saturated carbocycles. The van der Waals surface area contributed by atoms with Crippen LogP contribution < -0.4 is 4.74 Å². The van der Waals surface area contributed by atoms with E-state index in [4.69, 9.17) is 9.47 Å². The second kappa shape index (κ2) is 5.51. The van der Waals surface area contributed by atoms with E-state index in [1.54, 1.807) is 7.11 Å². The molecule has 1 aromatic rings. The predicted octanol–water partition coefficient (Wildman–Crippen LogP) is 2.60. The fourth-order valence-electron chi connectivity index (χ4n) is 3.21. The molecule has 1 aliphatic rings. The van der Waals surface area contributed by atoms with Gasteiger partial charge >= 0.3 is 0 Å². The van der Waals surface area contributed by atoms with Crippen molar-refractivity contribution in [1.82, 2.24) is 0 Å². The topological polar surface area (TPSA) is 38.7 Å². The predicted molar refractivity (Wildman–Crippen MR) is 75.8 cm³/mol. The molecule has 1 saturated heterocycles. The van der Waals surface area contributed by atoms with Crippen LogP contribution in [-0.4, -0.2) is 32.0 Å². The molecule has 106 valence electrons. The van der Waals surface area contributed by atoms with Crippen LogP contribution in [-0.2, 0) is 10.2 Å². The Hall–Kier alpha value is -1.06. The molecule has 1 aliphatic heterocycles. The molecule has 1 atom stereocenters. The Labute approximate surface area is 115 Å². The Kier molecular flexibility index (Phi) is 4.16. The van der Waals surface area contributed by atoms with Crippen molar-refractivity contribution in [2.45, 2.75) is 32.6 Å². The number of aryl methyl sites for hydroxylation is 2. The molecule has 1 N–H and O–H groups in total. The normalized spacial score (nSPS) is 18.8. The zero-order valence-electron chi connectivity index (χ0n) is 12.3. The second-order valence-electron chi connectivity index (χ2n) is 5.58. The number of aliphatic hydroxyl groups excluding tert-OH is 1. The summed E-state index contributed by atoms with van der Waals surface area (Å²) in [6, 6.07) is 4.37. The van der Waals surface area contributed by atoms with Gasteiger partial charge in [0.15, 0.2) is 0 Å². The second-order valence-corrected chi connectivity index (χ2v) is 5.58. The first-order chi connectivity index (χ1) is 9.08. The minimum atomic E-state index is -0.0225. The van der Waals surface area contributed by atoms with Gasteiger partial charge in [0.2, 0.25) is 0 Å². The van der Waals surface area contributed by atoms with Crippen LogP contribution >= 0.6 is 0 Å². The molecule has 1 aromatic carbocycles. The van der Waals surface area contributed by atoms with Crippen molar-refractivity contribution in [1.29, 1.82) is 0 Å². The van der Waals surface area contributed by atoms with E-state index in [1.807, 2.05) is 0 Å². The number of aliphatic hydroxyl groups is 1. The van der Waals surface area contributed by atoms with Crippen LogP contribution in [0.5, 0.6) is 5.75 Å². The van der Waals surface area contributed by atoms with Crippen molar-refractivity contribution in [3.8, 4) is 5.75 Å². The molecule has 0 aliphatic carbocycles. The molecule has 0 amide bonds. The van der Waals surface area contributed by atoms with Crippen molar-refractivity contribution < 1.29 is 14.6 Å². The van der Waals surface area contributed by atoms with Gasteiger partial charge in [0, 0.05) is 12.0 Å². The molecule has 0 bridgehead atoms. The summed E-state index contributed by atoms with van der Waals surface area (Å²) >= 11 is 0. The van der Waals surface area contributed by atoms with E-state index >= 15 is 0 Å². The molecule has 3 heteroatoms. The Morgan fingerprint density at radius 2 is 1.89 bits per heavy atom. The van der Waals surface area contributed by atoms with Crippen molar-refractivity contribution in [2.75, 3.05) is 26.9 Å². The molecule has 0 aromatic heterocycles. The van der Waals surface area contributed by atoms with Crippen LogP contribution in [0.1, 0.15) is 30.0 Å². The van der Waals surface area contributed by atoms with E-state index < -0.39 is 0 Å². The van der Waals surface area contributed by atoms with Crippen LogP contribution in [0.4, 0.5) is 0 Å². The Morgan fingerprint density at radius 1 is 1.32 bits per heavy atom. The zero-order valence-corrected chi connectivity index (χ0v) is 12.3. The highest BCUT2D eigenvalue weighted by atomic mass is 16.5. The molecule has 1 fully saturated rings. The van der Waals surface area contributed by atoms with Gasteiger partial charge in [-0.3, -0.25) is 0 Å². The number of ether oxygens (including phenoxy) is 2. The molecule has 2 rings (SSSR count). The SMILES string of the molecule is CCC(CO)C1(c2cc(C)c(OC)c(C)c2)COC1. The van der Waals surface area contributed by atoms with E-state index in [1.165, 1.54) is 5.56 Å². The van der Waals surface area contributed by atoms with Gasteiger partial charge in [-0.15, -0.1) is 0 Å². The average Bonchev–Trinajstić information content (AvgIpc) is 2.33. The Bertz CT molecular complexity index is 422. The molecule has 1 heterocycles. The van der Waals surface area contributed by atoms with Crippen LogP contribution in [0.3, 0.4) is 0 Å². The number of rotatable bonds is 5. The highest BCUT2D eigenvalue weighted by Crippen LogP contribution is 2.43. The molecule has 1 unspecified atom stereocenters. The van der Waals surface area contributed by atoms with E-state index in [-0.39, 0.29) is 17.9 Å². The van der Waals surface area contributed by atoms with Crippen LogP contribution in [0.25, 0.3) is 0 Å². The standard InChI is InChI=1S/C16H24O3/c1-5-13(8-17)16(9-19-10-16)14-6-11(2)15(18-4)12(3)7-14/h6-7,13,17H,5,8-10H2,1-4H3. The van der Waals surface area contributed by atoms with Crippen molar-refractivity contribution in [3.05, 3.63) is 28.8 Å². The third kappa shape index (κ3) is 2.26. The monoisotopic (exact) mass is 264 g/mol. The minimum absolute atomic E-state index is 0.0225. The third-order valence-corrected chi connectivity index (χ3v) is 4.45. The fourth-order valence-corrected chi connectivity index (χ4v) is 3.21. The summed E-state index contributed by atoms with van der Waals surface area (Å²) < 4.78 is 10.9. The number of hydrogen-bond acceptors (Lipinski definition) is 3. The smallest absolute Gasteiger partial charge is 0.124 e. The van der Waals surface area contributed by atoms with Crippen LogP contribution in [0, 0.1) is 19.8 Å². The maximum atomic E-state index is 9.65. The summed E-state index contributed by atoms with van der Waals surface area (Å²) in [7, 11) is 1.71. The van der Waals surface area contributed by atoms with Gasteiger partial charge in [-0.05, 0) is 36.5 Å². The van der Waals surface area contributed by atoms with Gasteiger partial charge in [0.05, 0.1) is 20.3 Å². The largest absolute Gasteiger partial charge is 0.496 e. The fraction of sp³-hybridized carbons (Fsp3) is 0.625. The van der Waals surface area contributed by atoms with Crippen LogP contribution in [0.2, 0.25) is 0 Å². The van der Waals surface area contributed by atoms with Gasteiger partial charge in [-0.1, -0.05) is 25.5 Å². The number of hydrogen-bond donors (Lipinski definition) is 1. The lowest BCUT2D eigenvalue weighted by Crippen LogP contribution is -2.53. The molecule has 3 nitrogen and oxygen atoms in total. The van der Waals surface area contributed by atoms with Gasteiger partial charge in [-0.25, -0.2) is 0 Å². The first-order valence-corrected chi connectivity index (χ1v) is 6.93. The van der Waals surface area contributed by atoms with Crippen molar-refractivity contribution in [3.63, 3.8) is 0 Å². The summed E-state index contributed by atoms with van der Waals surface area (Å²) in [6.45, 7) is 7.90. The van der Waals surface area contributed by atoms with Gasteiger partial charge in [-0.2, -0.15) is 0 Å². The Morgan fingerprint density at radius 3 is 2.21 bits per heavy atom. The molecular formula is C16H24O3. The molecular weight excluding hydrogens is 240 g/mol. The maximum absolute atomic E-state index is 9.65. The van der Waals surface area contributed by atoms with Gasteiger partial charge < -0.3 is 14.6 Å². The molecule has 19 heavy (non-hydrogen) atoms. The lowest BCUT2D eigenvalue weighted by molar-refractivity contribution is -0.101. The summed E-state index contributed by atoms with van der Waals surface area (Å²) in [4.78, 5) is 0. The third-order valence-electron chi connectivity index (χ3n) is 4.45. The van der Waals surface area contributed by atoms with Gasteiger partial charge in [0.25, 0.3) is 0 Å². The molecule has 0 radical (unpaired) electrons. The highest BCUT2D eigenvalue weighted by Gasteiger charge is 2.46. The maximum Gasteiger partial charge on any atom is 0.124 e. The minimum Gasteiger partial charge on any atom is -0.496 e. The Balaban J connectivity index is 2.45. The number of methoxy groups -OCH3 is 1. The lowest BCUT2D eigenvalue weighted by Gasteiger charge is -2.47.